The summed E-state index contributed by atoms with van der Waals surface area (Å²) in [5.41, 5.74) is -0.794. The van der Waals surface area contributed by atoms with Gasteiger partial charge in [-0.3, -0.25) is 0 Å². The van der Waals surface area contributed by atoms with E-state index in [0.29, 0.717) is 0 Å². The van der Waals surface area contributed by atoms with Crippen molar-refractivity contribution in [3.05, 3.63) is 17.3 Å². The van der Waals surface area contributed by atoms with E-state index in [2.05, 4.69) is 20.0 Å². The number of hydrogen-bond acceptors (Lipinski definition) is 5. The summed E-state index contributed by atoms with van der Waals surface area (Å²) in [5, 5.41) is 2.59. The minimum atomic E-state index is -3.35. The lowest BCUT2D eigenvalue weighted by Crippen LogP contribution is -2.47. The fourth-order valence-corrected chi connectivity index (χ4v) is 2.52. The molecule has 1 rings (SSSR count). The van der Waals surface area contributed by atoms with Crippen molar-refractivity contribution in [2.45, 2.75) is 19.4 Å². The Morgan fingerprint density at radius 1 is 1.50 bits per heavy atom. The summed E-state index contributed by atoms with van der Waals surface area (Å²) in [6.07, 6.45) is 1.99. The Morgan fingerprint density at radius 3 is 2.67 bits per heavy atom. The fraction of sp³-hybridized carbons (Fsp3) is 0.556. The van der Waals surface area contributed by atoms with Gasteiger partial charge in [0.15, 0.2) is 11.6 Å². The summed E-state index contributed by atoms with van der Waals surface area (Å²) >= 11 is 5.53. The molecule has 9 heteroatoms. The molecule has 0 amide bonds. The molecule has 0 aliphatic carbocycles. The minimum Gasteiger partial charge on any atom is -0.366 e. The first-order chi connectivity index (χ1) is 8.09. The molecule has 102 valence electrons. The van der Waals surface area contributed by atoms with Gasteiger partial charge in [0.25, 0.3) is 0 Å². The monoisotopic (exact) mass is 296 g/mol. The zero-order valence-corrected chi connectivity index (χ0v) is 11.7. The van der Waals surface area contributed by atoms with E-state index in [1.807, 2.05) is 0 Å². The van der Waals surface area contributed by atoms with Crippen LogP contribution in [0.2, 0.25) is 5.28 Å². The first kappa shape index (κ1) is 15.1. The van der Waals surface area contributed by atoms with E-state index in [-0.39, 0.29) is 17.6 Å². The van der Waals surface area contributed by atoms with Crippen LogP contribution >= 0.6 is 11.6 Å². The smallest absolute Gasteiger partial charge is 0.224 e. The molecule has 0 unspecified atom stereocenters. The van der Waals surface area contributed by atoms with Crippen LogP contribution in [-0.4, -0.2) is 36.7 Å². The summed E-state index contributed by atoms with van der Waals surface area (Å²) < 4.78 is 37.9. The molecule has 0 fully saturated rings. The molecule has 6 nitrogen and oxygen atoms in total. The minimum absolute atomic E-state index is 0.0709. The number of halogens is 2. The quantitative estimate of drug-likeness (QED) is 0.792. The van der Waals surface area contributed by atoms with Gasteiger partial charge in [0.05, 0.1) is 12.5 Å². The molecule has 0 bridgehead atoms. The predicted molar refractivity (Wildman–Crippen MR) is 67.5 cm³/mol. The number of anilines is 1. The highest BCUT2D eigenvalue weighted by molar-refractivity contribution is 7.88. The Labute approximate surface area is 110 Å². The van der Waals surface area contributed by atoms with E-state index in [9.17, 15) is 12.8 Å². The lowest BCUT2D eigenvalue weighted by atomic mass is 10.1. The van der Waals surface area contributed by atoms with Gasteiger partial charge in [-0.25, -0.2) is 22.5 Å². The molecule has 18 heavy (non-hydrogen) atoms. The second-order valence-electron chi connectivity index (χ2n) is 4.45. The second kappa shape index (κ2) is 5.33. The van der Waals surface area contributed by atoms with Crippen LogP contribution in [-0.2, 0) is 10.0 Å². The second-order valence-corrected chi connectivity index (χ2v) is 6.53. The summed E-state index contributed by atoms with van der Waals surface area (Å²) in [5.74, 6) is -0.729. The van der Waals surface area contributed by atoms with E-state index in [1.54, 1.807) is 13.8 Å². The van der Waals surface area contributed by atoms with Gasteiger partial charge in [-0.15, -0.1) is 0 Å². The number of sulfonamides is 1. The molecule has 1 heterocycles. The molecular weight excluding hydrogens is 283 g/mol. The van der Waals surface area contributed by atoms with Gasteiger partial charge in [-0.05, 0) is 25.4 Å². The molecule has 0 radical (unpaired) electrons. The Hall–Kier alpha value is -0.990. The molecule has 1 aromatic heterocycles. The van der Waals surface area contributed by atoms with E-state index in [4.69, 9.17) is 11.6 Å². The number of nitrogens with zero attached hydrogens (tertiary/aromatic N) is 2. The molecule has 0 saturated heterocycles. The third-order valence-electron chi connectivity index (χ3n) is 1.87. The first-order valence-corrected chi connectivity index (χ1v) is 7.27. The molecule has 0 atom stereocenters. The van der Waals surface area contributed by atoms with E-state index in [1.165, 1.54) is 0 Å². The van der Waals surface area contributed by atoms with Crippen LogP contribution in [0.25, 0.3) is 0 Å². The van der Waals surface area contributed by atoms with Gasteiger partial charge in [0.1, 0.15) is 0 Å². The predicted octanol–water partition coefficient (Wildman–Crippen LogP) is 1.01. The zero-order chi connectivity index (χ0) is 14.0. The van der Waals surface area contributed by atoms with Gasteiger partial charge in [-0.1, -0.05) is 0 Å². The summed E-state index contributed by atoms with van der Waals surface area (Å²) in [7, 11) is -3.35. The van der Waals surface area contributed by atoms with Crippen molar-refractivity contribution >= 4 is 27.4 Å². The van der Waals surface area contributed by atoms with E-state index >= 15 is 0 Å². The fourth-order valence-electron chi connectivity index (χ4n) is 1.31. The molecule has 1 aromatic rings. The van der Waals surface area contributed by atoms with Crippen molar-refractivity contribution in [2.24, 2.45) is 0 Å². The van der Waals surface area contributed by atoms with Crippen molar-refractivity contribution in [1.82, 2.24) is 14.7 Å². The number of hydrogen-bond donors (Lipinski definition) is 2. The summed E-state index contributed by atoms with van der Waals surface area (Å²) in [4.78, 5) is 7.13. The maximum atomic E-state index is 13.3. The number of rotatable bonds is 5. The van der Waals surface area contributed by atoms with Gasteiger partial charge >= 0.3 is 0 Å². The Kier molecular flexibility index (Phi) is 4.46. The van der Waals surface area contributed by atoms with Crippen molar-refractivity contribution < 1.29 is 12.8 Å². The highest BCUT2D eigenvalue weighted by Gasteiger charge is 2.22. The highest BCUT2D eigenvalue weighted by atomic mass is 35.5. The maximum Gasteiger partial charge on any atom is 0.224 e. The molecule has 2 N–H and O–H groups in total. The zero-order valence-electron chi connectivity index (χ0n) is 10.2. The maximum absolute atomic E-state index is 13.3. The van der Waals surface area contributed by atoms with Crippen LogP contribution in [0.3, 0.4) is 0 Å². The normalized spacial score (nSPS) is 12.5. The van der Waals surface area contributed by atoms with E-state index in [0.717, 1.165) is 12.5 Å². The van der Waals surface area contributed by atoms with Crippen LogP contribution in [0.1, 0.15) is 13.8 Å². The molecule has 0 aliphatic rings. The van der Waals surface area contributed by atoms with Gasteiger partial charge < -0.3 is 5.32 Å². The highest BCUT2D eigenvalue weighted by Crippen LogP contribution is 2.13. The molecule has 0 saturated carbocycles. The van der Waals surface area contributed by atoms with Gasteiger partial charge in [-0.2, -0.15) is 4.98 Å². The van der Waals surface area contributed by atoms with Crippen LogP contribution in [0.4, 0.5) is 10.2 Å². The van der Waals surface area contributed by atoms with Gasteiger partial charge in [0.2, 0.25) is 15.3 Å². The topological polar surface area (TPSA) is 84.0 Å². The van der Waals surface area contributed by atoms with Crippen molar-refractivity contribution in [2.75, 3.05) is 18.1 Å². The number of nitrogens with one attached hydrogen (secondary N) is 2. The Balaban J connectivity index is 2.72. The standard InChI is InChI=1S/C9H14ClFN4O2S/c1-9(2,15-18(3,16)17)5-13-7-6(11)4-12-8(10)14-7/h4,15H,5H2,1-3H3,(H,12,13,14). The third-order valence-corrected chi connectivity index (χ3v) is 2.98. The summed E-state index contributed by atoms with van der Waals surface area (Å²) in [6, 6.07) is 0. The molecule has 0 aromatic carbocycles. The Morgan fingerprint density at radius 2 is 2.11 bits per heavy atom. The lowest BCUT2D eigenvalue weighted by molar-refractivity contribution is 0.474. The van der Waals surface area contributed by atoms with E-state index < -0.39 is 21.4 Å². The Bertz CT molecular complexity index is 535. The largest absolute Gasteiger partial charge is 0.366 e. The van der Waals surface area contributed by atoms with Crippen molar-refractivity contribution in [3.63, 3.8) is 0 Å². The molecular formula is C9H14ClFN4O2S. The average molecular weight is 297 g/mol. The lowest BCUT2D eigenvalue weighted by Gasteiger charge is -2.25. The van der Waals surface area contributed by atoms with Crippen molar-refractivity contribution in [3.8, 4) is 0 Å². The first-order valence-electron chi connectivity index (χ1n) is 5.00. The molecule has 0 aliphatic heterocycles. The van der Waals surface area contributed by atoms with Crippen LogP contribution in [0.15, 0.2) is 6.20 Å². The third kappa shape index (κ3) is 5.11. The average Bonchev–Trinajstić information content (AvgIpc) is 2.16. The SMILES string of the molecule is CC(C)(CNc1nc(Cl)ncc1F)NS(C)(=O)=O. The van der Waals surface area contributed by atoms with Crippen LogP contribution < -0.4 is 10.0 Å². The van der Waals surface area contributed by atoms with Crippen LogP contribution in [0.5, 0.6) is 0 Å². The summed E-state index contributed by atoms with van der Waals surface area (Å²) in [6.45, 7) is 3.45. The molecule has 0 spiro atoms. The number of aromatic nitrogens is 2. The van der Waals surface area contributed by atoms with Gasteiger partial charge in [0, 0.05) is 12.1 Å². The van der Waals surface area contributed by atoms with Crippen LogP contribution in [0, 0.1) is 5.82 Å². The van der Waals surface area contributed by atoms with Crippen molar-refractivity contribution in [1.29, 1.82) is 0 Å².